The van der Waals surface area contributed by atoms with Crippen molar-refractivity contribution in [1.82, 2.24) is 0 Å². The van der Waals surface area contributed by atoms with Crippen LogP contribution in [0.4, 0.5) is 0 Å². The van der Waals surface area contributed by atoms with E-state index in [9.17, 15) is 4.79 Å². The maximum absolute atomic E-state index is 10.8. The minimum absolute atomic E-state index is 0.157. The summed E-state index contributed by atoms with van der Waals surface area (Å²) in [6.07, 6.45) is 0.973. The number of rotatable bonds is 2. The molecule has 1 aromatic rings. The zero-order chi connectivity index (χ0) is 11.9. The van der Waals surface area contributed by atoms with Crippen LogP contribution in [0.2, 0.25) is 0 Å². The Morgan fingerprint density at radius 2 is 2.31 bits per heavy atom. The summed E-state index contributed by atoms with van der Waals surface area (Å²) in [5, 5.41) is 8.87. The van der Waals surface area contributed by atoms with E-state index in [2.05, 4.69) is 0 Å². The average Bonchev–Trinajstić information content (AvgIpc) is 2.57. The van der Waals surface area contributed by atoms with Gasteiger partial charge in [0, 0.05) is 6.42 Å². The molecule has 0 bridgehead atoms. The lowest BCUT2D eigenvalue weighted by molar-refractivity contribution is -0.138. The fourth-order valence-electron chi connectivity index (χ4n) is 2.07. The summed E-state index contributed by atoms with van der Waals surface area (Å²) < 4.78 is 5.64. The van der Waals surface area contributed by atoms with Gasteiger partial charge in [0.25, 0.3) is 0 Å². The molecule has 0 radical (unpaired) electrons. The smallest absolute Gasteiger partial charge is 0.325 e. The molecule has 0 amide bonds. The first-order valence-electron chi connectivity index (χ1n) is 5.27. The van der Waals surface area contributed by atoms with Crippen molar-refractivity contribution in [3.8, 4) is 5.75 Å². The van der Waals surface area contributed by atoms with Crippen LogP contribution in [0.5, 0.6) is 5.75 Å². The quantitative estimate of drug-likeness (QED) is 0.791. The van der Waals surface area contributed by atoms with Crippen LogP contribution in [-0.4, -0.2) is 17.2 Å². The Morgan fingerprint density at radius 3 is 2.94 bits per heavy atom. The molecule has 2 atom stereocenters. The molecule has 86 valence electrons. The molecule has 4 heteroatoms. The van der Waals surface area contributed by atoms with Gasteiger partial charge < -0.3 is 15.6 Å². The summed E-state index contributed by atoms with van der Waals surface area (Å²) in [6, 6.07) is 2.67. The zero-order valence-electron chi connectivity index (χ0n) is 9.36. The molecule has 1 aliphatic rings. The van der Waals surface area contributed by atoms with Crippen LogP contribution in [0.15, 0.2) is 12.1 Å². The van der Waals surface area contributed by atoms with E-state index in [-0.39, 0.29) is 6.10 Å². The van der Waals surface area contributed by atoms with Crippen molar-refractivity contribution >= 4 is 5.97 Å². The number of benzene rings is 1. The Hall–Kier alpha value is -1.55. The van der Waals surface area contributed by atoms with Crippen molar-refractivity contribution < 1.29 is 14.6 Å². The molecule has 0 aromatic heterocycles. The van der Waals surface area contributed by atoms with Crippen LogP contribution in [0.1, 0.15) is 29.7 Å². The van der Waals surface area contributed by atoms with E-state index in [0.29, 0.717) is 5.56 Å². The standard InChI is InChI=1S/C12H15NO3/c1-6-3-8(10(13)12(14)15)5-9-4-7(2)16-11(6)9/h3,5,7,10H,4,13H2,1-2H3,(H,14,15). The van der Waals surface area contributed by atoms with Crippen molar-refractivity contribution in [2.24, 2.45) is 5.73 Å². The van der Waals surface area contributed by atoms with E-state index >= 15 is 0 Å². The topological polar surface area (TPSA) is 72.6 Å². The molecular formula is C12H15NO3. The first-order valence-corrected chi connectivity index (χ1v) is 5.27. The molecule has 0 saturated carbocycles. The van der Waals surface area contributed by atoms with Crippen molar-refractivity contribution in [2.75, 3.05) is 0 Å². The minimum Gasteiger partial charge on any atom is -0.490 e. The average molecular weight is 221 g/mol. The van der Waals surface area contributed by atoms with Gasteiger partial charge in [0.1, 0.15) is 17.9 Å². The highest BCUT2D eigenvalue weighted by Gasteiger charge is 2.24. The second-order valence-electron chi connectivity index (χ2n) is 4.27. The largest absolute Gasteiger partial charge is 0.490 e. The van der Waals surface area contributed by atoms with Crippen LogP contribution >= 0.6 is 0 Å². The molecule has 2 rings (SSSR count). The van der Waals surface area contributed by atoms with Gasteiger partial charge in [-0.1, -0.05) is 6.07 Å². The molecule has 1 aliphatic heterocycles. The first-order chi connectivity index (χ1) is 7.49. The number of hydrogen-bond acceptors (Lipinski definition) is 3. The number of carbonyl (C=O) groups is 1. The third-order valence-electron chi connectivity index (χ3n) is 2.83. The maximum Gasteiger partial charge on any atom is 0.325 e. The van der Waals surface area contributed by atoms with Crippen molar-refractivity contribution in [1.29, 1.82) is 0 Å². The van der Waals surface area contributed by atoms with Gasteiger partial charge in [0.2, 0.25) is 0 Å². The van der Waals surface area contributed by atoms with Crippen LogP contribution in [0.3, 0.4) is 0 Å². The number of aryl methyl sites for hydroxylation is 1. The lowest BCUT2D eigenvalue weighted by Gasteiger charge is -2.11. The SMILES string of the molecule is Cc1cc(C(N)C(=O)O)cc2c1OC(C)C2. The molecule has 3 N–H and O–H groups in total. The fraction of sp³-hybridized carbons (Fsp3) is 0.417. The number of fused-ring (bicyclic) bond motifs is 1. The lowest BCUT2D eigenvalue weighted by Crippen LogP contribution is -2.20. The van der Waals surface area contributed by atoms with Gasteiger partial charge in [-0.25, -0.2) is 0 Å². The third kappa shape index (κ3) is 1.76. The van der Waals surface area contributed by atoms with Gasteiger partial charge >= 0.3 is 5.97 Å². The molecule has 16 heavy (non-hydrogen) atoms. The van der Waals surface area contributed by atoms with Gasteiger partial charge in [-0.05, 0) is 36.6 Å². The van der Waals surface area contributed by atoms with Gasteiger partial charge in [-0.15, -0.1) is 0 Å². The predicted molar refractivity (Wildman–Crippen MR) is 59.5 cm³/mol. The number of carboxylic acids is 1. The van der Waals surface area contributed by atoms with Gasteiger partial charge in [0.05, 0.1) is 0 Å². The molecule has 0 aliphatic carbocycles. The number of aliphatic carboxylic acids is 1. The van der Waals surface area contributed by atoms with Crippen LogP contribution in [-0.2, 0) is 11.2 Å². The Morgan fingerprint density at radius 1 is 1.62 bits per heavy atom. The Balaban J connectivity index is 2.42. The van der Waals surface area contributed by atoms with E-state index in [4.69, 9.17) is 15.6 Å². The second kappa shape index (κ2) is 3.79. The minimum atomic E-state index is -1.01. The van der Waals surface area contributed by atoms with Crippen molar-refractivity contribution in [2.45, 2.75) is 32.4 Å². The summed E-state index contributed by atoms with van der Waals surface area (Å²) in [6.45, 7) is 3.91. The normalized spacial score (nSPS) is 20.1. The summed E-state index contributed by atoms with van der Waals surface area (Å²) in [5.41, 5.74) is 8.24. The highest BCUT2D eigenvalue weighted by atomic mass is 16.5. The number of hydrogen-bond donors (Lipinski definition) is 2. The van der Waals surface area contributed by atoms with Crippen LogP contribution in [0.25, 0.3) is 0 Å². The number of ether oxygens (including phenoxy) is 1. The van der Waals surface area contributed by atoms with Crippen molar-refractivity contribution in [3.63, 3.8) is 0 Å². The zero-order valence-corrected chi connectivity index (χ0v) is 9.36. The van der Waals surface area contributed by atoms with Gasteiger partial charge in [0.15, 0.2) is 0 Å². The summed E-state index contributed by atoms with van der Waals surface area (Å²) in [7, 11) is 0. The summed E-state index contributed by atoms with van der Waals surface area (Å²) in [4.78, 5) is 10.8. The molecule has 2 unspecified atom stereocenters. The monoisotopic (exact) mass is 221 g/mol. The predicted octanol–water partition coefficient (Wildman–Crippen LogP) is 1.40. The Labute approximate surface area is 94.0 Å². The summed E-state index contributed by atoms with van der Waals surface area (Å²) >= 11 is 0. The molecule has 1 aromatic carbocycles. The molecule has 4 nitrogen and oxygen atoms in total. The molecule has 0 saturated heterocycles. The molecular weight excluding hydrogens is 206 g/mol. The summed E-state index contributed by atoms with van der Waals surface area (Å²) in [5.74, 6) is -0.125. The van der Waals surface area contributed by atoms with E-state index in [1.54, 1.807) is 6.07 Å². The van der Waals surface area contributed by atoms with Gasteiger partial charge in [-0.2, -0.15) is 0 Å². The third-order valence-corrected chi connectivity index (χ3v) is 2.83. The van der Waals surface area contributed by atoms with Crippen LogP contribution < -0.4 is 10.5 Å². The fourth-order valence-corrected chi connectivity index (χ4v) is 2.07. The van der Waals surface area contributed by atoms with E-state index in [0.717, 1.165) is 23.3 Å². The van der Waals surface area contributed by atoms with E-state index in [1.807, 2.05) is 19.9 Å². The van der Waals surface area contributed by atoms with Crippen molar-refractivity contribution in [3.05, 3.63) is 28.8 Å². The van der Waals surface area contributed by atoms with Crippen LogP contribution in [0, 0.1) is 6.92 Å². The van der Waals surface area contributed by atoms with E-state index < -0.39 is 12.0 Å². The molecule has 0 fully saturated rings. The Kier molecular flexibility index (Phi) is 2.59. The second-order valence-corrected chi connectivity index (χ2v) is 4.27. The lowest BCUT2D eigenvalue weighted by atomic mass is 9.99. The molecule has 0 spiro atoms. The highest BCUT2D eigenvalue weighted by Crippen LogP contribution is 2.34. The number of carboxylic acid groups (broad SMARTS) is 1. The highest BCUT2D eigenvalue weighted by molar-refractivity contribution is 5.75. The Bertz CT molecular complexity index is 442. The maximum atomic E-state index is 10.8. The van der Waals surface area contributed by atoms with E-state index in [1.165, 1.54) is 0 Å². The van der Waals surface area contributed by atoms with Gasteiger partial charge in [-0.3, -0.25) is 4.79 Å². The molecule has 1 heterocycles. The first kappa shape index (κ1) is 11.0. The number of nitrogens with two attached hydrogens (primary N) is 1.